The van der Waals surface area contributed by atoms with Crippen LogP contribution in [-0.2, 0) is 0 Å². The van der Waals surface area contributed by atoms with Gasteiger partial charge >= 0.3 is 0 Å². The van der Waals surface area contributed by atoms with Crippen molar-refractivity contribution in [3.63, 3.8) is 0 Å². The molecule has 0 spiro atoms. The second-order valence-electron chi connectivity index (χ2n) is 9.18. The van der Waals surface area contributed by atoms with Crippen LogP contribution in [0.2, 0.25) is 0 Å². The first-order valence-electron chi connectivity index (χ1n) is 11.9. The number of para-hydroxylation sites is 2. The molecule has 0 amide bonds. The molecule has 0 atom stereocenters. The first-order valence-corrected chi connectivity index (χ1v) is 11.9. The maximum absolute atomic E-state index is 9.22. The summed E-state index contributed by atoms with van der Waals surface area (Å²) in [6.07, 6.45) is 0. The highest BCUT2D eigenvalue weighted by Gasteiger charge is 2.19. The zero-order valence-corrected chi connectivity index (χ0v) is 19.1. The lowest BCUT2D eigenvalue weighted by atomic mass is 9.99. The summed E-state index contributed by atoms with van der Waals surface area (Å²) < 4.78 is 8.74. The third-order valence-corrected chi connectivity index (χ3v) is 7.16. The largest absolute Gasteiger partial charge is 0.454 e. The first kappa shape index (κ1) is 19.2. The molecule has 0 saturated carbocycles. The molecule has 0 radical (unpaired) electrons. The molecule has 8 rings (SSSR count). The van der Waals surface area contributed by atoms with Crippen molar-refractivity contribution in [1.29, 1.82) is 5.26 Å². The van der Waals surface area contributed by atoms with Gasteiger partial charge in [0.1, 0.15) is 16.7 Å². The number of hydrogen-bond donors (Lipinski definition) is 0. The van der Waals surface area contributed by atoms with Crippen LogP contribution in [0.1, 0.15) is 5.56 Å². The standard InChI is InChI=1S/C32H17N3O/c33-18-19-9-10-21-16-22(12-11-20(21)15-19)23-13-14-29-26(17-23)30-31(36-29)24-5-1-2-6-25(24)32-34-27-7-3-4-8-28(27)35(30)32/h1-17H. The maximum atomic E-state index is 9.22. The summed E-state index contributed by atoms with van der Waals surface area (Å²) in [6.45, 7) is 0. The summed E-state index contributed by atoms with van der Waals surface area (Å²) in [5.41, 5.74) is 8.63. The van der Waals surface area contributed by atoms with Crippen LogP contribution < -0.4 is 0 Å². The van der Waals surface area contributed by atoms with E-state index in [0.717, 1.165) is 71.4 Å². The third-order valence-electron chi connectivity index (χ3n) is 7.16. The molecule has 4 heteroatoms. The van der Waals surface area contributed by atoms with Crippen LogP contribution in [0, 0.1) is 11.3 Å². The predicted molar refractivity (Wildman–Crippen MR) is 145 cm³/mol. The molecule has 4 nitrogen and oxygen atoms in total. The molecule has 8 aromatic rings. The summed E-state index contributed by atoms with van der Waals surface area (Å²) in [5.74, 6) is 0. The third kappa shape index (κ3) is 2.54. The number of hydrogen-bond acceptors (Lipinski definition) is 3. The highest BCUT2D eigenvalue weighted by molar-refractivity contribution is 6.19. The summed E-state index contributed by atoms with van der Waals surface area (Å²) in [4.78, 5) is 5.01. The molecule has 0 unspecified atom stereocenters. The van der Waals surface area contributed by atoms with Crippen molar-refractivity contribution in [3.05, 3.63) is 109 Å². The zero-order valence-electron chi connectivity index (χ0n) is 19.1. The highest BCUT2D eigenvalue weighted by atomic mass is 16.3. The molecule has 3 aromatic heterocycles. The minimum atomic E-state index is 0.672. The van der Waals surface area contributed by atoms with E-state index in [-0.39, 0.29) is 0 Å². The second kappa shape index (κ2) is 6.94. The number of benzene rings is 5. The van der Waals surface area contributed by atoms with Crippen LogP contribution in [0.15, 0.2) is 108 Å². The van der Waals surface area contributed by atoms with Gasteiger partial charge in [-0.3, -0.25) is 4.40 Å². The van der Waals surface area contributed by atoms with Gasteiger partial charge in [0, 0.05) is 16.2 Å². The Morgan fingerprint density at radius 1 is 0.694 bits per heavy atom. The van der Waals surface area contributed by atoms with E-state index < -0.39 is 0 Å². The van der Waals surface area contributed by atoms with Crippen LogP contribution in [0.5, 0.6) is 0 Å². The number of imidazole rings is 1. The van der Waals surface area contributed by atoms with Crippen molar-refractivity contribution in [3.8, 4) is 17.2 Å². The quantitative estimate of drug-likeness (QED) is 0.248. The van der Waals surface area contributed by atoms with Crippen LogP contribution >= 0.6 is 0 Å². The van der Waals surface area contributed by atoms with Gasteiger partial charge in [-0.05, 0) is 64.4 Å². The average molecular weight is 460 g/mol. The summed E-state index contributed by atoms with van der Waals surface area (Å²) in [7, 11) is 0. The topological polar surface area (TPSA) is 54.2 Å². The Hall–Kier alpha value is -5.14. The van der Waals surface area contributed by atoms with E-state index in [4.69, 9.17) is 9.40 Å². The molecule has 5 aromatic carbocycles. The van der Waals surface area contributed by atoms with Crippen LogP contribution in [0.4, 0.5) is 0 Å². The van der Waals surface area contributed by atoms with Gasteiger partial charge in [-0.1, -0.05) is 60.7 Å². The van der Waals surface area contributed by atoms with Gasteiger partial charge in [0.25, 0.3) is 0 Å². The molecule has 0 fully saturated rings. The lowest BCUT2D eigenvalue weighted by molar-refractivity contribution is 0.672. The number of pyridine rings is 1. The van der Waals surface area contributed by atoms with E-state index in [1.54, 1.807) is 0 Å². The normalized spacial score (nSPS) is 11.9. The number of fused-ring (bicyclic) bond motifs is 11. The number of furan rings is 1. The molecule has 0 saturated heterocycles. The molecular formula is C32H17N3O. The van der Waals surface area contributed by atoms with Gasteiger partial charge in [-0.2, -0.15) is 5.26 Å². The minimum Gasteiger partial charge on any atom is -0.454 e. The van der Waals surface area contributed by atoms with Crippen molar-refractivity contribution >= 4 is 60.3 Å². The van der Waals surface area contributed by atoms with Gasteiger partial charge in [-0.25, -0.2) is 4.98 Å². The van der Waals surface area contributed by atoms with Crippen molar-refractivity contribution < 1.29 is 4.42 Å². The molecule has 0 aliphatic heterocycles. The Balaban J connectivity index is 1.48. The SMILES string of the molecule is N#Cc1ccc2cc(-c3ccc4oc5c6ccccc6c6nc7ccccc7n6c5c4c3)ccc2c1. The molecule has 0 aliphatic carbocycles. The smallest absolute Gasteiger partial charge is 0.160 e. The van der Waals surface area contributed by atoms with Crippen LogP contribution in [0.3, 0.4) is 0 Å². The monoisotopic (exact) mass is 459 g/mol. The Labute approximate surface area is 205 Å². The minimum absolute atomic E-state index is 0.672. The van der Waals surface area contributed by atoms with E-state index in [0.29, 0.717) is 5.56 Å². The molecule has 3 heterocycles. The predicted octanol–water partition coefficient (Wildman–Crippen LogP) is 8.23. The fourth-order valence-electron chi connectivity index (χ4n) is 5.47. The van der Waals surface area contributed by atoms with Gasteiger partial charge < -0.3 is 4.42 Å². The summed E-state index contributed by atoms with van der Waals surface area (Å²) in [6, 6.07) is 37.4. The molecule has 0 aliphatic rings. The van der Waals surface area contributed by atoms with Crippen LogP contribution in [0.25, 0.3) is 71.4 Å². The van der Waals surface area contributed by atoms with Gasteiger partial charge in [0.2, 0.25) is 0 Å². The van der Waals surface area contributed by atoms with E-state index in [9.17, 15) is 5.26 Å². The Morgan fingerprint density at radius 2 is 1.44 bits per heavy atom. The Kier molecular flexibility index (Phi) is 3.70. The molecule has 0 bridgehead atoms. The lowest BCUT2D eigenvalue weighted by Crippen LogP contribution is -1.89. The first-order chi connectivity index (χ1) is 17.8. The average Bonchev–Trinajstić information content (AvgIpc) is 3.51. The van der Waals surface area contributed by atoms with Gasteiger partial charge in [0.05, 0.1) is 22.7 Å². The highest BCUT2D eigenvalue weighted by Crippen LogP contribution is 2.39. The zero-order chi connectivity index (χ0) is 23.8. The number of nitrogens with zero attached hydrogens (tertiary/aromatic N) is 3. The Bertz CT molecular complexity index is 2230. The maximum Gasteiger partial charge on any atom is 0.160 e. The van der Waals surface area contributed by atoms with Crippen molar-refractivity contribution in [1.82, 2.24) is 9.38 Å². The summed E-state index contributed by atoms with van der Waals surface area (Å²) in [5, 5.41) is 14.6. The van der Waals surface area contributed by atoms with Gasteiger partial charge in [-0.15, -0.1) is 0 Å². The second-order valence-corrected chi connectivity index (χ2v) is 9.18. The fraction of sp³-hybridized carbons (Fsp3) is 0. The Morgan fingerprint density at radius 3 is 2.36 bits per heavy atom. The number of nitriles is 1. The van der Waals surface area contributed by atoms with E-state index >= 15 is 0 Å². The van der Waals surface area contributed by atoms with E-state index in [1.807, 2.05) is 36.4 Å². The van der Waals surface area contributed by atoms with Crippen molar-refractivity contribution in [2.45, 2.75) is 0 Å². The molecule has 0 N–H and O–H groups in total. The molecular weight excluding hydrogens is 442 g/mol. The van der Waals surface area contributed by atoms with E-state index in [2.05, 4.69) is 77.2 Å². The van der Waals surface area contributed by atoms with Gasteiger partial charge in [0.15, 0.2) is 5.58 Å². The molecule has 36 heavy (non-hydrogen) atoms. The lowest BCUT2D eigenvalue weighted by Gasteiger charge is -2.06. The number of aromatic nitrogens is 2. The summed E-state index contributed by atoms with van der Waals surface area (Å²) >= 11 is 0. The molecule has 166 valence electrons. The van der Waals surface area contributed by atoms with Crippen molar-refractivity contribution in [2.75, 3.05) is 0 Å². The fourth-order valence-corrected chi connectivity index (χ4v) is 5.47. The number of rotatable bonds is 1. The van der Waals surface area contributed by atoms with E-state index in [1.165, 1.54) is 0 Å². The van der Waals surface area contributed by atoms with Crippen molar-refractivity contribution in [2.24, 2.45) is 0 Å². The van der Waals surface area contributed by atoms with Crippen LogP contribution in [-0.4, -0.2) is 9.38 Å².